The SMILES string of the molecule is C=C(C)C(=O)OCCOC(=O)NC1COCOC1. The van der Waals surface area contributed by atoms with Crippen LogP contribution in [0.2, 0.25) is 0 Å². The molecule has 102 valence electrons. The normalized spacial score (nSPS) is 15.8. The molecule has 0 aliphatic carbocycles. The van der Waals surface area contributed by atoms with E-state index in [0.717, 1.165) is 0 Å². The fourth-order valence-corrected chi connectivity index (χ4v) is 1.17. The second-order valence-corrected chi connectivity index (χ2v) is 3.75. The summed E-state index contributed by atoms with van der Waals surface area (Å²) in [6, 6.07) is -0.218. The van der Waals surface area contributed by atoms with Crippen molar-refractivity contribution in [3.63, 3.8) is 0 Å². The molecule has 7 nitrogen and oxygen atoms in total. The van der Waals surface area contributed by atoms with E-state index in [4.69, 9.17) is 18.9 Å². The average Bonchev–Trinajstić information content (AvgIpc) is 2.35. The fraction of sp³-hybridized carbons (Fsp3) is 0.636. The maximum Gasteiger partial charge on any atom is 0.407 e. The second kappa shape index (κ2) is 7.67. The Hall–Kier alpha value is -1.60. The molecule has 1 amide bonds. The topological polar surface area (TPSA) is 83.1 Å². The van der Waals surface area contributed by atoms with Crippen molar-refractivity contribution in [3.05, 3.63) is 12.2 Å². The molecule has 0 radical (unpaired) electrons. The van der Waals surface area contributed by atoms with E-state index in [2.05, 4.69) is 11.9 Å². The van der Waals surface area contributed by atoms with E-state index in [9.17, 15) is 9.59 Å². The summed E-state index contributed by atoms with van der Waals surface area (Å²) < 4.78 is 19.5. The van der Waals surface area contributed by atoms with Gasteiger partial charge in [-0.15, -0.1) is 0 Å². The smallest absolute Gasteiger partial charge is 0.407 e. The zero-order chi connectivity index (χ0) is 13.4. The number of ether oxygens (including phenoxy) is 4. The van der Waals surface area contributed by atoms with Crippen molar-refractivity contribution in [2.24, 2.45) is 0 Å². The first-order valence-electron chi connectivity index (χ1n) is 5.51. The molecule has 0 bridgehead atoms. The van der Waals surface area contributed by atoms with E-state index < -0.39 is 12.1 Å². The Morgan fingerprint density at radius 1 is 1.28 bits per heavy atom. The van der Waals surface area contributed by atoms with Gasteiger partial charge in [-0.05, 0) is 6.92 Å². The largest absolute Gasteiger partial charge is 0.459 e. The highest BCUT2D eigenvalue weighted by molar-refractivity contribution is 5.86. The quantitative estimate of drug-likeness (QED) is 0.431. The maximum atomic E-state index is 11.3. The fourth-order valence-electron chi connectivity index (χ4n) is 1.17. The molecule has 1 saturated heterocycles. The van der Waals surface area contributed by atoms with Gasteiger partial charge in [0.2, 0.25) is 0 Å². The molecule has 1 N–H and O–H groups in total. The molecule has 0 unspecified atom stereocenters. The third-order valence-electron chi connectivity index (χ3n) is 2.02. The summed E-state index contributed by atoms with van der Waals surface area (Å²) >= 11 is 0. The molecule has 1 aliphatic heterocycles. The van der Waals surface area contributed by atoms with Gasteiger partial charge >= 0.3 is 12.1 Å². The predicted octanol–water partition coefficient (Wildman–Crippen LogP) is 0.205. The summed E-state index contributed by atoms with van der Waals surface area (Å²) in [4.78, 5) is 22.3. The van der Waals surface area contributed by atoms with Crippen molar-refractivity contribution in [1.29, 1.82) is 0 Å². The van der Waals surface area contributed by atoms with Gasteiger partial charge in [-0.25, -0.2) is 9.59 Å². The molecule has 18 heavy (non-hydrogen) atoms. The van der Waals surface area contributed by atoms with E-state index in [1.807, 2.05) is 0 Å². The Morgan fingerprint density at radius 2 is 1.89 bits per heavy atom. The zero-order valence-corrected chi connectivity index (χ0v) is 10.3. The molecule has 0 aromatic rings. The first-order valence-corrected chi connectivity index (χ1v) is 5.51. The standard InChI is InChI=1S/C11H17NO6/c1-8(2)10(13)17-3-4-18-11(14)12-9-5-15-7-16-6-9/h9H,1,3-7H2,2H3,(H,12,14). The minimum Gasteiger partial charge on any atom is -0.459 e. The van der Waals surface area contributed by atoms with Crippen LogP contribution in [0.1, 0.15) is 6.92 Å². The number of carbonyl (C=O) groups excluding carboxylic acids is 2. The Bertz CT molecular complexity index is 311. The second-order valence-electron chi connectivity index (χ2n) is 3.75. The van der Waals surface area contributed by atoms with Gasteiger partial charge in [0.05, 0.1) is 19.3 Å². The zero-order valence-electron chi connectivity index (χ0n) is 10.3. The van der Waals surface area contributed by atoms with Crippen LogP contribution in [0.25, 0.3) is 0 Å². The number of hydrogen-bond acceptors (Lipinski definition) is 6. The molecule has 0 saturated carbocycles. The van der Waals surface area contributed by atoms with Gasteiger partial charge in [0.25, 0.3) is 0 Å². The Labute approximate surface area is 105 Å². The molecular formula is C11H17NO6. The summed E-state index contributed by atoms with van der Waals surface area (Å²) in [6.45, 7) is 5.96. The van der Waals surface area contributed by atoms with Crippen LogP contribution in [-0.4, -0.2) is 51.3 Å². The number of nitrogens with one attached hydrogen (secondary N) is 1. The summed E-state index contributed by atoms with van der Waals surface area (Å²) in [5, 5.41) is 2.56. The highest BCUT2D eigenvalue weighted by Gasteiger charge is 2.17. The minimum absolute atomic E-state index is 0.00319. The number of carbonyl (C=O) groups is 2. The van der Waals surface area contributed by atoms with Gasteiger partial charge < -0.3 is 24.3 Å². The molecule has 0 spiro atoms. The van der Waals surface area contributed by atoms with Crippen molar-refractivity contribution in [2.75, 3.05) is 33.2 Å². The lowest BCUT2D eigenvalue weighted by atomic mass is 10.3. The predicted molar refractivity (Wildman–Crippen MR) is 60.8 cm³/mol. The number of amides is 1. The summed E-state index contributed by atoms with van der Waals surface area (Å²) in [5.41, 5.74) is 0.302. The molecule has 1 rings (SSSR count). The van der Waals surface area contributed by atoms with E-state index >= 15 is 0 Å². The Morgan fingerprint density at radius 3 is 2.50 bits per heavy atom. The van der Waals surface area contributed by atoms with E-state index in [1.165, 1.54) is 0 Å². The number of hydrogen-bond donors (Lipinski definition) is 1. The Balaban J connectivity index is 2.06. The molecule has 1 heterocycles. The summed E-state index contributed by atoms with van der Waals surface area (Å²) in [7, 11) is 0. The highest BCUT2D eigenvalue weighted by atomic mass is 16.7. The van der Waals surface area contributed by atoms with Crippen molar-refractivity contribution in [3.8, 4) is 0 Å². The summed E-state index contributed by atoms with van der Waals surface area (Å²) in [6.07, 6.45) is -0.597. The van der Waals surface area contributed by atoms with Crippen LogP contribution >= 0.6 is 0 Å². The van der Waals surface area contributed by atoms with Gasteiger partial charge in [-0.3, -0.25) is 0 Å². The van der Waals surface area contributed by atoms with Crippen LogP contribution < -0.4 is 5.32 Å². The van der Waals surface area contributed by atoms with Crippen LogP contribution in [0.15, 0.2) is 12.2 Å². The molecule has 0 atom stereocenters. The first kappa shape index (κ1) is 14.5. The van der Waals surface area contributed by atoms with E-state index in [-0.39, 0.29) is 26.0 Å². The van der Waals surface area contributed by atoms with E-state index in [0.29, 0.717) is 18.8 Å². The molecule has 1 fully saturated rings. The van der Waals surface area contributed by atoms with Crippen LogP contribution in [0, 0.1) is 0 Å². The highest BCUT2D eigenvalue weighted by Crippen LogP contribution is 1.97. The Kier molecular flexibility index (Phi) is 6.16. The van der Waals surface area contributed by atoms with Gasteiger partial charge in [0.1, 0.15) is 20.0 Å². The monoisotopic (exact) mass is 259 g/mol. The number of esters is 1. The van der Waals surface area contributed by atoms with Crippen molar-refractivity contribution in [2.45, 2.75) is 13.0 Å². The van der Waals surface area contributed by atoms with Crippen LogP contribution in [0.4, 0.5) is 4.79 Å². The van der Waals surface area contributed by atoms with Gasteiger partial charge in [-0.1, -0.05) is 6.58 Å². The maximum absolute atomic E-state index is 11.3. The van der Waals surface area contributed by atoms with Gasteiger partial charge in [0.15, 0.2) is 0 Å². The van der Waals surface area contributed by atoms with Crippen molar-refractivity contribution in [1.82, 2.24) is 5.32 Å². The third kappa shape index (κ3) is 5.65. The molecule has 7 heteroatoms. The number of rotatable bonds is 5. The first-order chi connectivity index (χ1) is 8.59. The summed E-state index contributed by atoms with van der Waals surface area (Å²) in [5.74, 6) is -0.506. The minimum atomic E-state index is -0.597. The molecule has 0 aromatic carbocycles. The van der Waals surface area contributed by atoms with Gasteiger partial charge in [-0.2, -0.15) is 0 Å². The van der Waals surface area contributed by atoms with Crippen molar-refractivity contribution < 1.29 is 28.5 Å². The van der Waals surface area contributed by atoms with Crippen LogP contribution in [0.5, 0.6) is 0 Å². The molecular weight excluding hydrogens is 242 g/mol. The van der Waals surface area contributed by atoms with Gasteiger partial charge in [0, 0.05) is 5.57 Å². The van der Waals surface area contributed by atoms with Crippen LogP contribution in [0.3, 0.4) is 0 Å². The lowest BCUT2D eigenvalue weighted by Crippen LogP contribution is -2.44. The van der Waals surface area contributed by atoms with E-state index in [1.54, 1.807) is 6.92 Å². The van der Waals surface area contributed by atoms with Crippen LogP contribution in [-0.2, 0) is 23.7 Å². The van der Waals surface area contributed by atoms with Crippen molar-refractivity contribution >= 4 is 12.1 Å². The lowest BCUT2D eigenvalue weighted by Gasteiger charge is -2.22. The lowest BCUT2D eigenvalue weighted by molar-refractivity contribution is -0.140. The molecule has 1 aliphatic rings. The number of alkyl carbamates (subject to hydrolysis) is 1. The molecule has 0 aromatic heterocycles. The third-order valence-corrected chi connectivity index (χ3v) is 2.02. The average molecular weight is 259 g/mol.